The van der Waals surface area contributed by atoms with Crippen molar-refractivity contribution < 1.29 is 9.53 Å². The number of nitrogens with one attached hydrogen (secondary N) is 1. The van der Waals surface area contributed by atoms with Crippen LogP contribution in [0.2, 0.25) is 0 Å². The monoisotopic (exact) mass is 267 g/mol. The van der Waals surface area contributed by atoms with Crippen LogP contribution in [-0.4, -0.2) is 24.9 Å². The molecule has 0 aliphatic carbocycles. The maximum atomic E-state index is 11.7. The summed E-state index contributed by atoms with van der Waals surface area (Å²) in [4.78, 5) is 12.8. The topological polar surface area (TPSA) is 38.3 Å². The molecule has 1 N–H and O–H groups in total. The zero-order chi connectivity index (χ0) is 13.4. The first-order chi connectivity index (χ1) is 8.71. The third-order valence-electron chi connectivity index (χ3n) is 2.50. The van der Waals surface area contributed by atoms with Crippen molar-refractivity contribution in [3.63, 3.8) is 0 Å². The van der Waals surface area contributed by atoms with Gasteiger partial charge in [0.05, 0.1) is 6.61 Å². The van der Waals surface area contributed by atoms with Gasteiger partial charge in [-0.1, -0.05) is 19.1 Å². The van der Waals surface area contributed by atoms with E-state index in [0.29, 0.717) is 6.61 Å². The minimum Gasteiger partial charge on any atom is -0.465 e. The van der Waals surface area contributed by atoms with Gasteiger partial charge in [-0.15, -0.1) is 11.8 Å². The lowest BCUT2D eigenvalue weighted by Gasteiger charge is -2.13. The van der Waals surface area contributed by atoms with Gasteiger partial charge in [0.1, 0.15) is 5.25 Å². The number of esters is 1. The molecular weight excluding hydrogens is 246 g/mol. The minimum atomic E-state index is -0.121. The van der Waals surface area contributed by atoms with Gasteiger partial charge in [0.25, 0.3) is 0 Å². The normalized spacial score (nSPS) is 12.2. The first kappa shape index (κ1) is 15.1. The highest BCUT2D eigenvalue weighted by Gasteiger charge is 2.18. The van der Waals surface area contributed by atoms with E-state index in [1.54, 1.807) is 11.8 Å². The van der Waals surface area contributed by atoms with Crippen LogP contribution < -0.4 is 5.32 Å². The Bertz CT molecular complexity index is 365. The van der Waals surface area contributed by atoms with Crippen molar-refractivity contribution in [2.75, 3.05) is 13.7 Å². The molecule has 0 saturated heterocycles. The third kappa shape index (κ3) is 4.70. The number of benzene rings is 1. The van der Waals surface area contributed by atoms with Gasteiger partial charge in [-0.3, -0.25) is 4.79 Å². The fourth-order valence-corrected chi connectivity index (χ4v) is 2.54. The molecule has 100 valence electrons. The summed E-state index contributed by atoms with van der Waals surface area (Å²) in [6, 6.07) is 8.27. The van der Waals surface area contributed by atoms with Gasteiger partial charge in [-0.05, 0) is 38.1 Å². The molecule has 1 aromatic carbocycles. The molecule has 4 heteroatoms. The first-order valence-corrected chi connectivity index (χ1v) is 7.16. The van der Waals surface area contributed by atoms with E-state index in [9.17, 15) is 4.79 Å². The van der Waals surface area contributed by atoms with E-state index in [2.05, 4.69) is 29.6 Å². The summed E-state index contributed by atoms with van der Waals surface area (Å²) in [6.45, 7) is 5.14. The van der Waals surface area contributed by atoms with Crippen molar-refractivity contribution in [1.82, 2.24) is 5.32 Å². The zero-order valence-electron chi connectivity index (χ0n) is 11.2. The van der Waals surface area contributed by atoms with Gasteiger partial charge in [0.2, 0.25) is 0 Å². The summed E-state index contributed by atoms with van der Waals surface area (Å²) in [7, 11) is 1.93. The second-order valence-corrected chi connectivity index (χ2v) is 5.22. The quantitative estimate of drug-likeness (QED) is 0.609. The van der Waals surface area contributed by atoms with E-state index < -0.39 is 0 Å². The number of carbonyl (C=O) groups is 1. The molecule has 1 rings (SSSR count). The van der Waals surface area contributed by atoms with Crippen LogP contribution in [0.5, 0.6) is 0 Å². The summed E-state index contributed by atoms with van der Waals surface area (Å²) >= 11 is 1.57. The second kappa shape index (κ2) is 8.16. The molecular formula is C14H21NO2S. The van der Waals surface area contributed by atoms with Gasteiger partial charge >= 0.3 is 5.97 Å². The van der Waals surface area contributed by atoms with Gasteiger partial charge in [-0.25, -0.2) is 0 Å². The van der Waals surface area contributed by atoms with E-state index >= 15 is 0 Å². The lowest BCUT2D eigenvalue weighted by atomic mass is 10.2. The Morgan fingerprint density at radius 3 is 2.50 bits per heavy atom. The predicted molar refractivity (Wildman–Crippen MR) is 75.8 cm³/mol. The van der Waals surface area contributed by atoms with Crippen molar-refractivity contribution in [2.45, 2.75) is 37.0 Å². The number of thioether (sulfide) groups is 1. The molecule has 1 atom stereocenters. The number of carbonyl (C=O) groups excluding carboxylic acids is 1. The van der Waals surface area contributed by atoms with Crippen LogP contribution >= 0.6 is 11.8 Å². The molecule has 1 unspecified atom stereocenters. The fourth-order valence-electron chi connectivity index (χ4n) is 1.59. The van der Waals surface area contributed by atoms with Crippen molar-refractivity contribution in [3.8, 4) is 0 Å². The molecule has 1 aromatic rings. The second-order valence-electron chi connectivity index (χ2n) is 3.94. The van der Waals surface area contributed by atoms with Crippen molar-refractivity contribution in [1.29, 1.82) is 0 Å². The van der Waals surface area contributed by atoms with E-state index in [4.69, 9.17) is 4.74 Å². The Balaban J connectivity index is 2.61. The smallest absolute Gasteiger partial charge is 0.319 e. The highest BCUT2D eigenvalue weighted by molar-refractivity contribution is 8.00. The summed E-state index contributed by atoms with van der Waals surface area (Å²) in [6.07, 6.45) is 0.780. The zero-order valence-corrected chi connectivity index (χ0v) is 12.0. The minimum absolute atomic E-state index is 0.111. The third-order valence-corrected chi connectivity index (χ3v) is 3.86. The van der Waals surface area contributed by atoms with Crippen LogP contribution in [0, 0.1) is 0 Å². The van der Waals surface area contributed by atoms with E-state index in [1.165, 1.54) is 5.56 Å². The van der Waals surface area contributed by atoms with Crippen LogP contribution in [0.4, 0.5) is 0 Å². The Morgan fingerprint density at radius 2 is 2.00 bits per heavy atom. The molecule has 3 nitrogen and oxygen atoms in total. The van der Waals surface area contributed by atoms with Gasteiger partial charge in [-0.2, -0.15) is 0 Å². The van der Waals surface area contributed by atoms with Crippen LogP contribution in [0.1, 0.15) is 25.8 Å². The summed E-state index contributed by atoms with van der Waals surface area (Å²) < 4.78 is 5.06. The fraction of sp³-hybridized carbons (Fsp3) is 0.500. The highest BCUT2D eigenvalue weighted by Crippen LogP contribution is 2.26. The summed E-state index contributed by atoms with van der Waals surface area (Å²) in [5.74, 6) is -0.121. The first-order valence-electron chi connectivity index (χ1n) is 6.28. The Labute approximate surface area is 113 Å². The number of hydrogen-bond donors (Lipinski definition) is 1. The predicted octanol–water partition coefficient (Wildman–Crippen LogP) is 2.84. The Hall–Kier alpha value is -1.00. The van der Waals surface area contributed by atoms with Crippen LogP contribution in [-0.2, 0) is 16.1 Å². The van der Waals surface area contributed by atoms with Crippen molar-refractivity contribution in [3.05, 3.63) is 29.8 Å². The molecule has 0 fully saturated rings. The average molecular weight is 267 g/mol. The summed E-state index contributed by atoms with van der Waals surface area (Å²) in [5.41, 5.74) is 1.24. The molecule has 0 aliphatic rings. The molecule has 0 amide bonds. The maximum Gasteiger partial charge on any atom is 0.319 e. The average Bonchev–Trinajstić information content (AvgIpc) is 2.38. The van der Waals surface area contributed by atoms with Crippen molar-refractivity contribution in [2.24, 2.45) is 0 Å². The molecule has 0 saturated carbocycles. The SMILES string of the molecule is CCOC(=O)C(CC)Sc1ccc(CNC)cc1. The van der Waals surface area contributed by atoms with Gasteiger partial charge in [0.15, 0.2) is 0 Å². The highest BCUT2D eigenvalue weighted by atomic mass is 32.2. The number of hydrogen-bond acceptors (Lipinski definition) is 4. The number of rotatable bonds is 7. The summed E-state index contributed by atoms with van der Waals surface area (Å²) in [5, 5.41) is 3.00. The van der Waals surface area contributed by atoms with E-state index in [-0.39, 0.29) is 11.2 Å². The molecule has 0 aliphatic heterocycles. The standard InChI is InChI=1S/C14H21NO2S/c1-4-13(14(16)17-5-2)18-12-8-6-11(7-9-12)10-15-3/h6-9,13,15H,4-5,10H2,1-3H3. The maximum absolute atomic E-state index is 11.7. The number of ether oxygens (including phenoxy) is 1. The lowest BCUT2D eigenvalue weighted by molar-refractivity contribution is -0.142. The van der Waals surface area contributed by atoms with E-state index in [1.807, 2.05) is 20.9 Å². The molecule has 0 heterocycles. The molecule has 0 bridgehead atoms. The Kier molecular flexibility index (Phi) is 6.83. The van der Waals surface area contributed by atoms with Crippen LogP contribution in [0.15, 0.2) is 29.2 Å². The van der Waals surface area contributed by atoms with Gasteiger partial charge < -0.3 is 10.1 Å². The lowest BCUT2D eigenvalue weighted by Crippen LogP contribution is -2.19. The molecule has 0 aromatic heterocycles. The largest absolute Gasteiger partial charge is 0.465 e. The van der Waals surface area contributed by atoms with Gasteiger partial charge in [0, 0.05) is 11.4 Å². The molecule has 0 spiro atoms. The van der Waals surface area contributed by atoms with Crippen molar-refractivity contribution >= 4 is 17.7 Å². The Morgan fingerprint density at radius 1 is 1.33 bits per heavy atom. The van der Waals surface area contributed by atoms with E-state index in [0.717, 1.165) is 17.9 Å². The van der Waals surface area contributed by atoms with Crippen LogP contribution in [0.25, 0.3) is 0 Å². The molecule has 0 radical (unpaired) electrons. The van der Waals surface area contributed by atoms with Crippen LogP contribution in [0.3, 0.4) is 0 Å². The molecule has 18 heavy (non-hydrogen) atoms.